The van der Waals surface area contributed by atoms with E-state index in [-0.39, 0.29) is 0 Å². The van der Waals surface area contributed by atoms with Gasteiger partial charge in [-0.1, -0.05) is 84.9 Å². The van der Waals surface area contributed by atoms with Crippen molar-refractivity contribution in [3.8, 4) is 0 Å². The quantitative estimate of drug-likeness (QED) is 0.164. The molecule has 0 unspecified atom stereocenters. The van der Waals surface area contributed by atoms with Crippen LogP contribution in [0.15, 0.2) is 140 Å². The van der Waals surface area contributed by atoms with Crippen molar-refractivity contribution in [1.29, 1.82) is 0 Å². The SMILES string of the molecule is Cc1cc(C)cc(N(c2ccc(/C=C/c3ccc(N(c4ccccc4)c4ccccc4C)cc3)cc2)c2cc(C)cc(C)c2)c1. The molecule has 0 N–H and O–H groups in total. The van der Waals surface area contributed by atoms with Gasteiger partial charge in [0.05, 0.1) is 0 Å². The first-order valence-electron chi connectivity index (χ1n) is 15.6. The third-order valence-electron chi connectivity index (χ3n) is 8.07. The molecule has 2 nitrogen and oxygen atoms in total. The molecule has 0 saturated heterocycles. The molecule has 0 radical (unpaired) electrons. The van der Waals surface area contributed by atoms with Gasteiger partial charge in [-0.25, -0.2) is 0 Å². The van der Waals surface area contributed by atoms with E-state index in [1.807, 2.05) is 0 Å². The number of aryl methyl sites for hydroxylation is 5. The molecular weight excluding hydrogens is 544 g/mol. The Balaban J connectivity index is 1.27. The van der Waals surface area contributed by atoms with Crippen LogP contribution in [0.1, 0.15) is 38.9 Å². The van der Waals surface area contributed by atoms with Gasteiger partial charge in [-0.2, -0.15) is 0 Å². The fraction of sp³-hybridized carbons (Fsp3) is 0.116. The molecular formula is C43H40N2. The first-order valence-corrected chi connectivity index (χ1v) is 15.6. The lowest BCUT2D eigenvalue weighted by atomic mass is 10.1. The second-order valence-electron chi connectivity index (χ2n) is 12.0. The summed E-state index contributed by atoms with van der Waals surface area (Å²) in [5.41, 5.74) is 15.6. The zero-order chi connectivity index (χ0) is 31.3. The van der Waals surface area contributed by atoms with Crippen LogP contribution in [0.5, 0.6) is 0 Å². The minimum atomic E-state index is 1.13. The van der Waals surface area contributed by atoms with Crippen LogP contribution in [0.3, 0.4) is 0 Å². The zero-order valence-corrected chi connectivity index (χ0v) is 26.8. The molecule has 0 aliphatic rings. The summed E-state index contributed by atoms with van der Waals surface area (Å²) in [6.07, 6.45) is 4.37. The Morgan fingerprint density at radius 1 is 0.356 bits per heavy atom. The van der Waals surface area contributed by atoms with Crippen molar-refractivity contribution in [2.75, 3.05) is 9.80 Å². The van der Waals surface area contributed by atoms with Crippen molar-refractivity contribution in [3.05, 3.63) is 178 Å². The summed E-state index contributed by atoms with van der Waals surface area (Å²) in [5.74, 6) is 0. The minimum Gasteiger partial charge on any atom is -0.310 e. The molecule has 0 amide bonds. The summed E-state index contributed by atoms with van der Waals surface area (Å²) < 4.78 is 0. The Labute approximate surface area is 268 Å². The van der Waals surface area contributed by atoms with E-state index in [9.17, 15) is 0 Å². The van der Waals surface area contributed by atoms with Gasteiger partial charge in [-0.3, -0.25) is 0 Å². The molecule has 0 fully saturated rings. The first-order chi connectivity index (χ1) is 21.8. The van der Waals surface area contributed by atoms with Crippen molar-refractivity contribution in [3.63, 3.8) is 0 Å². The van der Waals surface area contributed by atoms with E-state index in [0.717, 1.165) is 28.2 Å². The molecule has 0 aliphatic heterocycles. The smallest absolute Gasteiger partial charge is 0.0490 e. The van der Waals surface area contributed by atoms with Crippen LogP contribution in [-0.4, -0.2) is 0 Å². The largest absolute Gasteiger partial charge is 0.310 e. The molecule has 0 spiro atoms. The predicted molar refractivity (Wildman–Crippen MR) is 195 cm³/mol. The number of hydrogen-bond donors (Lipinski definition) is 0. The Bertz CT molecular complexity index is 1840. The fourth-order valence-corrected chi connectivity index (χ4v) is 6.09. The highest BCUT2D eigenvalue weighted by Crippen LogP contribution is 2.38. The number of benzene rings is 6. The second-order valence-corrected chi connectivity index (χ2v) is 12.0. The Kier molecular flexibility index (Phi) is 8.66. The Hall–Kier alpha value is -5.34. The van der Waals surface area contributed by atoms with Gasteiger partial charge in [0, 0.05) is 34.1 Å². The van der Waals surface area contributed by atoms with Gasteiger partial charge in [-0.15, -0.1) is 0 Å². The number of anilines is 6. The molecule has 0 atom stereocenters. The number of hydrogen-bond acceptors (Lipinski definition) is 2. The van der Waals surface area contributed by atoms with Gasteiger partial charge in [0.15, 0.2) is 0 Å². The van der Waals surface area contributed by atoms with Crippen LogP contribution in [-0.2, 0) is 0 Å². The molecule has 0 bridgehead atoms. The van der Waals surface area contributed by atoms with Crippen molar-refractivity contribution in [2.24, 2.45) is 0 Å². The Morgan fingerprint density at radius 2 is 0.756 bits per heavy atom. The second kappa shape index (κ2) is 13.1. The molecule has 6 aromatic rings. The van der Waals surface area contributed by atoms with E-state index in [1.165, 1.54) is 44.9 Å². The maximum absolute atomic E-state index is 2.36. The molecule has 6 aromatic carbocycles. The number of nitrogens with zero attached hydrogens (tertiary/aromatic N) is 2. The lowest BCUT2D eigenvalue weighted by Crippen LogP contribution is -2.11. The monoisotopic (exact) mass is 584 g/mol. The average molecular weight is 585 g/mol. The van der Waals surface area contributed by atoms with Crippen LogP contribution in [0.25, 0.3) is 12.2 Å². The zero-order valence-electron chi connectivity index (χ0n) is 26.8. The van der Waals surface area contributed by atoms with Gasteiger partial charge >= 0.3 is 0 Å². The maximum atomic E-state index is 2.36. The molecule has 2 heteroatoms. The molecule has 222 valence electrons. The van der Waals surface area contributed by atoms with E-state index in [4.69, 9.17) is 0 Å². The summed E-state index contributed by atoms with van der Waals surface area (Å²) in [6.45, 7) is 10.8. The highest BCUT2D eigenvalue weighted by atomic mass is 15.1. The van der Waals surface area contributed by atoms with Crippen LogP contribution in [0.4, 0.5) is 34.1 Å². The summed E-state index contributed by atoms with van der Waals surface area (Å²) in [4.78, 5) is 4.68. The summed E-state index contributed by atoms with van der Waals surface area (Å²) in [6, 6.07) is 50.2. The van der Waals surface area contributed by atoms with Crippen molar-refractivity contribution in [1.82, 2.24) is 0 Å². The van der Waals surface area contributed by atoms with E-state index < -0.39 is 0 Å². The number of rotatable bonds is 8. The first kappa shape index (κ1) is 29.7. The highest BCUT2D eigenvalue weighted by molar-refractivity contribution is 5.81. The third-order valence-corrected chi connectivity index (χ3v) is 8.07. The highest BCUT2D eigenvalue weighted by Gasteiger charge is 2.15. The number of para-hydroxylation sites is 2. The molecule has 0 saturated carbocycles. The minimum absolute atomic E-state index is 1.13. The van der Waals surface area contributed by atoms with Gasteiger partial charge < -0.3 is 9.80 Å². The van der Waals surface area contributed by atoms with Crippen molar-refractivity contribution in [2.45, 2.75) is 34.6 Å². The van der Waals surface area contributed by atoms with E-state index in [2.05, 4.69) is 196 Å². The fourth-order valence-electron chi connectivity index (χ4n) is 6.09. The van der Waals surface area contributed by atoms with Crippen LogP contribution < -0.4 is 9.80 Å². The van der Waals surface area contributed by atoms with Crippen molar-refractivity contribution < 1.29 is 0 Å². The van der Waals surface area contributed by atoms with Crippen LogP contribution in [0.2, 0.25) is 0 Å². The van der Waals surface area contributed by atoms with Crippen LogP contribution >= 0.6 is 0 Å². The summed E-state index contributed by atoms with van der Waals surface area (Å²) in [7, 11) is 0. The third kappa shape index (κ3) is 6.92. The van der Waals surface area contributed by atoms with E-state index in [0.29, 0.717) is 0 Å². The predicted octanol–water partition coefficient (Wildman–Crippen LogP) is 12.3. The van der Waals surface area contributed by atoms with E-state index in [1.54, 1.807) is 0 Å². The van der Waals surface area contributed by atoms with Gasteiger partial charge in [-0.05, 0) is 140 Å². The maximum Gasteiger partial charge on any atom is 0.0490 e. The van der Waals surface area contributed by atoms with E-state index >= 15 is 0 Å². The van der Waals surface area contributed by atoms with Gasteiger partial charge in [0.2, 0.25) is 0 Å². The summed E-state index contributed by atoms with van der Waals surface area (Å²) >= 11 is 0. The molecule has 0 aliphatic carbocycles. The van der Waals surface area contributed by atoms with Gasteiger partial charge in [0.25, 0.3) is 0 Å². The van der Waals surface area contributed by atoms with Crippen molar-refractivity contribution >= 4 is 46.3 Å². The molecule has 6 rings (SSSR count). The lowest BCUT2D eigenvalue weighted by molar-refractivity contribution is 1.23. The standard InChI is InChI=1S/C43H40N2/c1-31-25-32(2)28-41(27-31)44(42-29-33(3)26-34(4)30-42)39-21-17-36(18-22-39)15-16-37-19-23-40(24-20-37)45(38-12-7-6-8-13-38)43-14-10-9-11-35(43)5/h6-30H,1-5H3/b16-15+. The Morgan fingerprint density at radius 3 is 1.22 bits per heavy atom. The topological polar surface area (TPSA) is 6.48 Å². The molecule has 45 heavy (non-hydrogen) atoms. The molecule has 0 heterocycles. The average Bonchev–Trinajstić information content (AvgIpc) is 3.02. The lowest BCUT2D eigenvalue weighted by Gasteiger charge is -2.27. The normalized spacial score (nSPS) is 11.1. The van der Waals surface area contributed by atoms with Gasteiger partial charge in [0.1, 0.15) is 0 Å². The van der Waals surface area contributed by atoms with Crippen LogP contribution in [0, 0.1) is 34.6 Å². The molecule has 0 aromatic heterocycles. The summed E-state index contributed by atoms with van der Waals surface area (Å²) in [5, 5.41) is 0.